The Morgan fingerprint density at radius 1 is 1.06 bits per heavy atom. The van der Waals surface area contributed by atoms with Crippen molar-refractivity contribution >= 4 is 16.7 Å². The largest absolute Gasteiger partial charge is 0.379 e. The number of ether oxygens (including phenoxy) is 1. The zero-order valence-electron chi connectivity index (χ0n) is 16.8. The van der Waals surface area contributed by atoms with Crippen molar-refractivity contribution in [1.29, 1.82) is 0 Å². The molecule has 3 aromatic rings. The van der Waals surface area contributed by atoms with Crippen LogP contribution >= 0.6 is 0 Å². The van der Waals surface area contributed by atoms with E-state index in [1.807, 2.05) is 0 Å². The summed E-state index contributed by atoms with van der Waals surface area (Å²) < 4.78 is 19.8. The first kappa shape index (κ1) is 21.0. The van der Waals surface area contributed by atoms with E-state index in [1.165, 1.54) is 12.1 Å². The summed E-state index contributed by atoms with van der Waals surface area (Å²) in [4.78, 5) is 39.6. The molecule has 2 aromatic carbocycles. The SMILES string of the molecule is O=C(Cn1[nH]c(=O)c2ccccc2c1=O)NCC(c1ccc(F)cc1)N1CCOCC1. The van der Waals surface area contributed by atoms with Crippen LogP contribution in [0.15, 0.2) is 58.1 Å². The van der Waals surface area contributed by atoms with Crippen LogP contribution in [-0.2, 0) is 16.1 Å². The number of amides is 1. The van der Waals surface area contributed by atoms with E-state index in [0.29, 0.717) is 26.3 Å². The Bertz CT molecular complexity index is 1180. The highest BCUT2D eigenvalue weighted by Gasteiger charge is 2.23. The number of hydrogen-bond acceptors (Lipinski definition) is 5. The van der Waals surface area contributed by atoms with Gasteiger partial charge in [0.05, 0.1) is 30.0 Å². The summed E-state index contributed by atoms with van der Waals surface area (Å²) in [6.07, 6.45) is 0. The molecule has 1 amide bonds. The number of fused-ring (bicyclic) bond motifs is 1. The molecule has 0 bridgehead atoms. The fourth-order valence-corrected chi connectivity index (χ4v) is 3.80. The normalized spacial score (nSPS) is 15.6. The number of benzene rings is 2. The monoisotopic (exact) mass is 426 g/mol. The summed E-state index contributed by atoms with van der Waals surface area (Å²) in [6.45, 7) is 2.51. The van der Waals surface area contributed by atoms with Gasteiger partial charge in [-0.3, -0.25) is 24.4 Å². The molecule has 1 aromatic heterocycles. The first-order valence-corrected chi connectivity index (χ1v) is 10.1. The number of carbonyl (C=O) groups is 1. The molecule has 2 heterocycles. The number of carbonyl (C=O) groups excluding carboxylic acids is 1. The fraction of sp³-hybridized carbons (Fsp3) is 0.318. The van der Waals surface area contributed by atoms with Crippen molar-refractivity contribution in [1.82, 2.24) is 20.0 Å². The standard InChI is InChI=1S/C22H23FN4O4/c23-16-7-5-15(6-8-16)19(26-9-11-31-12-10-26)13-24-20(28)14-27-22(30)18-4-2-1-3-17(18)21(29)25-27/h1-8,19H,9-14H2,(H,24,28)(H,25,29). The first-order valence-electron chi connectivity index (χ1n) is 10.1. The molecule has 0 radical (unpaired) electrons. The van der Waals surface area contributed by atoms with Gasteiger partial charge in [-0.1, -0.05) is 24.3 Å². The van der Waals surface area contributed by atoms with Gasteiger partial charge < -0.3 is 10.1 Å². The molecule has 4 rings (SSSR count). The summed E-state index contributed by atoms with van der Waals surface area (Å²) in [6, 6.07) is 12.5. The van der Waals surface area contributed by atoms with Crippen LogP contribution in [0.1, 0.15) is 11.6 Å². The minimum atomic E-state index is -0.436. The van der Waals surface area contributed by atoms with E-state index in [0.717, 1.165) is 10.2 Å². The Morgan fingerprint density at radius 2 is 1.74 bits per heavy atom. The maximum atomic E-state index is 13.4. The third kappa shape index (κ3) is 4.73. The molecule has 0 aliphatic carbocycles. The van der Waals surface area contributed by atoms with E-state index in [1.54, 1.807) is 36.4 Å². The topological polar surface area (TPSA) is 96.4 Å². The third-order valence-electron chi connectivity index (χ3n) is 5.42. The van der Waals surface area contributed by atoms with Crippen LogP contribution in [-0.4, -0.2) is 53.4 Å². The van der Waals surface area contributed by atoms with Gasteiger partial charge in [0.2, 0.25) is 5.91 Å². The molecule has 162 valence electrons. The van der Waals surface area contributed by atoms with Crippen LogP contribution in [0.25, 0.3) is 10.8 Å². The minimum Gasteiger partial charge on any atom is -0.379 e. The zero-order valence-corrected chi connectivity index (χ0v) is 16.8. The van der Waals surface area contributed by atoms with Gasteiger partial charge in [0.1, 0.15) is 12.4 Å². The lowest BCUT2D eigenvalue weighted by Crippen LogP contribution is -2.45. The Morgan fingerprint density at radius 3 is 2.45 bits per heavy atom. The van der Waals surface area contributed by atoms with Crippen LogP contribution in [0.4, 0.5) is 4.39 Å². The molecule has 31 heavy (non-hydrogen) atoms. The van der Waals surface area contributed by atoms with Gasteiger partial charge in [-0.2, -0.15) is 0 Å². The Balaban J connectivity index is 1.50. The Hall–Kier alpha value is -3.30. The van der Waals surface area contributed by atoms with Crippen molar-refractivity contribution in [2.24, 2.45) is 0 Å². The van der Waals surface area contributed by atoms with Crippen molar-refractivity contribution in [2.75, 3.05) is 32.8 Å². The lowest BCUT2D eigenvalue weighted by Gasteiger charge is -2.35. The molecule has 1 atom stereocenters. The van der Waals surface area contributed by atoms with Gasteiger partial charge in [-0.25, -0.2) is 9.07 Å². The third-order valence-corrected chi connectivity index (χ3v) is 5.42. The summed E-state index contributed by atoms with van der Waals surface area (Å²) >= 11 is 0. The van der Waals surface area contributed by atoms with E-state index in [-0.39, 0.29) is 35.7 Å². The average molecular weight is 426 g/mol. The second-order valence-corrected chi connectivity index (χ2v) is 7.40. The van der Waals surface area contributed by atoms with Gasteiger partial charge in [0, 0.05) is 19.6 Å². The lowest BCUT2D eigenvalue weighted by molar-refractivity contribution is -0.122. The fourth-order valence-electron chi connectivity index (χ4n) is 3.80. The highest BCUT2D eigenvalue weighted by molar-refractivity contribution is 5.81. The minimum absolute atomic E-state index is 0.166. The van der Waals surface area contributed by atoms with E-state index in [4.69, 9.17) is 4.74 Å². The molecule has 1 aliphatic rings. The number of nitrogens with zero attached hydrogens (tertiary/aromatic N) is 2. The Kier molecular flexibility index (Phi) is 6.24. The van der Waals surface area contributed by atoms with Gasteiger partial charge in [0.15, 0.2) is 0 Å². The van der Waals surface area contributed by atoms with Crippen LogP contribution < -0.4 is 16.4 Å². The second kappa shape index (κ2) is 9.23. The molecule has 1 aliphatic heterocycles. The van der Waals surface area contributed by atoms with E-state index in [2.05, 4.69) is 15.3 Å². The number of halogens is 1. The number of nitrogens with one attached hydrogen (secondary N) is 2. The highest BCUT2D eigenvalue weighted by atomic mass is 19.1. The molecular weight excluding hydrogens is 403 g/mol. The number of morpholine rings is 1. The highest BCUT2D eigenvalue weighted by Crippen LogP contribution is 2.21. The van der Waals surface area contributed by atoms with Crippen LogP contribution in [0, 0.1) is 5.82 Å². The Labute approximate surface area is 177 Å². The van der Waals surface area contributed by atoms with Crippen molar-refractivity contribution in [3.05, 3.63) is 80.6 Å². The van der Waals surface area contributed by atoms with E-state index < -0.39 is 17.0 Å². The predicted octanol–water partition coefficient (Wildman–Crippen LogP) is 1.02. The molecule has 1 fully saturated rings. The van der Waals surface area contributed by atoms with Crippen molar-refractivity contribution in [3.63, 3.8) is 0 Å². The van der Waals surface area contributed by atoms with Crippen LogP contribution in [0.3, 0.4) is 0 Å². The molecule has 1 saturated heterocycles. The van der Waals surface area contributed by atoms with Gasteiger partial charge >= 0.3 is 0 Å². The van der Waals surface area contributed by atoms with Crippen LogP contribution in [0.5, 0.6) is 0 Å². The molecule has 1 unspecified atom stereocenters. The average Bonchev–Trinajstić information content (AvgIpc) is 2.79. The number of aromatic amines is 1. The quantitative estimate of drug-likeness (QED) is 0.614. The second-order valence-electron chi connectivity index (χ2n) is 7.40. The van der Waals surface area contributed by atoms with Gasteiger partial charge in [-0.15, -0.1) is 0 Å². The molecular formula is C22H23FN4O4. The first-order chi connectivity index (χ1) is 15.0. The molecule has 8 nitrogen and oxygen atoms in total. The summed E-state index contributed by atoms with van der Waals surface area (Å²) in [5.74, 6) is -0.735. The van der Waals surface area contributed by atoms with Crippen molar-refractivity contribution in [3.8, 4) is 0 Å². The predicted molar refractivity (Wildman–Crippen MR) is 113 cm³/mol. The summed E-state index contributed by atoms with van der Waals surface area (Å²) in [7, 11) is 0. The van der Waals surface area contributed by atoms with Gasteiger partial charge in [-0.05, 0) is 29.8 Å². The number of rotatable bonds is 6. The molecule has 0 saturated carbocycles. The summed E-state index contributed by atoms with van der Waals surface area (Å²) in [5, 5.41) is 5.84. The smallest absolute Gasteiger partial charge is 0.273 e. The van der Waals surface area contributed by atoms with E-state index >= 15 is 0 Å². The zero-order chi connectivity index (χ0) is 21.8. The summed E-state index contributed by atoms with van der Waals surface area (Å²) in [5.41, 5.74) is 0.00833. The molecule has 9 heteroatoms. The van der Waals surface area contributed by atoms with Crippen molar-refractivity contribution in [2.45, 2.75) is 12.6 Å². The lowest BCUT2D eigenvalue weighted by atomic mass is 10.0. The maximum absolute atomic E-state index is 13.4. The number of hydrogen-bond donors (Lipinski definition) is 2. The van der Waals surface area contributed by atoms with Gasteiger partial charge in [0.25, 0.3) is 11.1 Å². The van der Waals surface area contributed by atoms with Crippen LogP contribution in [0.2, 0.25) is 0 Å². The number of H-pyrrole nitrogens is 1. The molecule has 2 N–H and O–H groups in total. The maximum Gasteiger partial charge on any atom is 0.273 e. The molecule has 0 spiro atoms. The van der Waals surface area contributed by atoms with E-state index in [9.17, 15) is 18.8 Å². The van der Waals surface area contributed by atoms with Crippen molar-refractivity contribution < 1.29 is 13.9 Å². The number of aromatic nitrogens is 2.